The van der Waals surface area contributed by atoms with Crippen LogP contribution < -0.4 is 0 Å². The molecule has 1 heterocycles. The third kappa shape index (κ3) is 2.13. The van der Waals surface area contributed by atoms with Gasteiger partial charge in [0.25, 0.3) is 0 Å². The standard InChI is InChI=1S/C28H19N/c1-3-11-21(12-4-1)28(22-13-5-2-6-14-22)24-16-8-7-15-23(24)27-26-20(18-19-29-27)10-9-17-25(26)28/h1-19H. The lowest BCUT2D eigenvalue weighted by Crippen LogP contribution is -2.34. The van der Waals surface area contributed by atoms with Crippen molar-refractivity contribution in [1.82, 2.24) is 4.98 Å². The predicted octanol–water partition coefficient (Wildman–Crippen LogP) is 6.60. The van der Waals surface area contributed by atoms with Gasteiger partial charge in [0.1, 0.15) is 0 Å². The Labute approximate surface area is 170 Å². The van der Waals surface area contributed by atoms with Gasteiger partial charge in [-0.05, 0) is 33.7 Å². The van der Waals surface area contributed by atoms with Gasteiger partial charge in [0, 0.05) is 17.1 Å². The molecule has 1 aliphatic carbocycles. The predicted molar refractivity (Wildman–Crippen MR) is 119 cm³/mol. The molecule has 0 aliphatic heterocycles. The van der Waals surface area contributed by atoms with E-state index in [0.717, 1.165) is 5.69 Å². The Kier molecular flexibility index (Phi) is 3.45. The molecule has 0 spiro atoms. The minimum absolute atomic E-state index is 0.380. The molecule has 29 heavy (non-hydrogen) atoms. The lowest BCUT2D eigenvalue weighted by atomic mass is 9.60. The summed E-state index contributed by atoms with van der Waals surface area (Å²) < 4.78 is 0. The summed E-state index contributed by atoms with van der Waals surface area (Å²) in [6, 6.07) is 39.3. The Morgan fingerprint density at radius 1 is 0.517 bits per heavy atom. The average Bonchev–Trinajstić information content (AvgIpc) is 2.81. The summed E-state index contributed by atoms with van der Waals surface area (Å²) in [5, 5.41) is 2.49. The van der Waals surface area contributed by atoms with E-state index >= 15 is 0 Å². The molecule has 1 heteroatoms. The minimum Gasteiger partial charge on any atom is -0.256 e. The second-order valence-corrected chi connectivity index (χ2v) is 7.59. The van der Waals surface area contributed by atoms with E-state index in [-0.39, 0.29) is 5.41 Å². The molecule has 5 aromatic rings. The Bertz CT molecular complexity index is 1290. The summed E-state index contributed by atoms with van der Waals surface area (Å²) in [6.07, 6.45) is 1.93. The van der Waals surface area contributed by atoms with E-state index in [1.54, 1.807) is 0 Å². The number of rotatable bonds is 2. The Morgan fingerprint density at radius 2 is 1.14 bits per heavy atom. The molecule has 136 valence electrons. The summed E-state index contributed by atoms with van der Waals surface area (Å²) in [4.78, 5) is 4.83. The maximum atomic E-state index is 4.83. The van der Waals surface area contributed by atoms with Crippen LogP contribution in [-0.4, -0.2) is 4.98 Å². The lowest BCUT2D eigenvalue weighted by molar-refractivity contribution is 0.748. The highest BCUT2D eigenvalue weighted by Crippen LogP contribution is 2.54. The SMILES string of the molecule is c1ccc(C2(c3ccccc3)c3ccccc3-c3nccc4cccc2c34)cc1. The largest absolute Gasteiger partial charge is 0.256 e. The zero-order valence-corrected chi connectivity index (χ0v) is 15.9. The first-order valence-corrected chi connectivity index (χ1v) is 10.00. The van der Waals surface area contributed by atoms with E-state index in [2.05, 4.69) is 109 Å². The first kappa shape index (κ1) is 16.3. The van der Waals surface area contributed by atoms with Gasteiger partial charge in [0.05, 0.1) is 11.1 Å². The lowest BCUT2D eigenvalue weighted by Gasteiger charge is -2.41. The quantitative estimate of drug-likeness (QED) is 0.335. The number of hydrogen-bond acceptors (Lipinski definition) is 1. The van der Waals surface area contributed by atoms with E-state index in [0.29, 0.717) is 0 Å². The highest BCUT2D eigenvalue weighted by Gasteiger charge is 2.44. The van der Waals surface area contributed by atoms with Crippen LogP contribution in [0.25, 0.3) is 22.0 Å². The molecule has 0 amide bonds. The fraction of sp³-hybridized carbons (Fsp3) is 0.0357. The smallest absolute Gasteiger partial charge is 0.0786 e. The molecule has 0 saturated carbocycles. The van der Waals surface area contributed by atoms with Crippen molar-refractivity contribution in [1.29, 1.82) is 0 Å². The molecule has 6 rings (SSSR count). The van der Waals surface area contributed by atoms with E-state index in [1.807, 2.05) is 6.20 Å². The molecule has 0 unspecified atom stereocenters. The molecule has 0 radical (unpaired) electrons. The van der Waals surface area contributed by atoms with Crippen LogP contribution in [0.5, 0.6) is 0 Å². The Hall–Kier alpha value is -3.71. The molecule has 1 aliphatic rings. The fourth-order valence-electron chi connectivity index (χ4n) is 5.07. The molecular formula is C28H19N. The Balaban J connectivity index is 1.90. The van der Waals surface area contributed by atoms with Crippen LogP contribution in [0.15, 0.2) is 115 Å². The van der Waals surface area contributed by atoms with Crippen molar-refractivity contribution >= 4 is 10.8 Å². The molecular weight excluding hydrogens is 350 g/mol. The van der Waals surface area contributed by atoms with Gasteiger partial charge < -0.3 is 0 Å². The monoisotopic (exact) mass is 369 g/mol. The number of hydrogen-bond donors (Lipinski definition) is 0. The van der Waals surface area contributed by atoms with Gasteiger partial charge >= 0.3 is 0 Å². The van der Waals surface area contributed by atoms with Crippen LogP contribution in [-0.2, 0) is 5.41 Å². The highest BCUT2D eigenvalue weighted by molar-refractivity contribution is 6.03. The van der Waals surface area contributed by atoms with Crippen molar-refractivity contribution in [3.8, 4) is 11.3 Å². The summed E-state index contributed by atoms with van der Waals surface area (Å²) in [6.45, 7) is 0. The van der Waals surface area contributed by atoms with Crippen LogP contribution in [0.2, 0.25) is 0 Å². The summed E-state index contributed by atoms with van der Waals surface area (Å²) in [5.74, 6) is 0. The van der Waals surface area contributed by atoms with E-state index in [4.69, 9.17) is 4.98 Å². The number of fused-ring (bicyclic) bond motifs is 2. The van der Waals surface area contributed by atoms with Crippen molar-refractivity contribution < 1.29 is 0 Å². The second kappa shape index (κ2) is 6.15. The second-order valence-electron chi connectivity index (χ2n) is 7.59. The van der Waals surface area contributed by atoms with Gasteiger partial charge in [0.2, 0.25) is 0 Å². The topological polar surface area (TPSA) is 12.9 Å². The van der Waals surface area contributed by atoms with E-state index in [1.165, 1.54) is 38.6 Å². The number of aromatic nitrogens is 1. The molecule has 0 bridgehead atoms. The van der Waals surface area contributed by atoms with Crippen molar-refractivity contribution in [3.63, 3.8) is 0 Å². The Morgan fingerprint density at radius 3 is 1.86 bits per heavy atom. The third-order valence-electron chi connectivity index (χ3n) is 6.20. The molecule has 0 fully saturated rings. The third-order valence-corrected chi connectivity index (χ3v) is 6.20. The van der Waals surface area contributed by atoms with Crippen LogP contribution in [0, 0.1) is 0 Å². The zero-order chi connectivity index (χ0) is 19.3. The molecule has 1 nitrogen and oxygen atoms in total. The number of benzene rings is 4. The van der Waals surface area contributed by atoms with Gasteiger partial charge in [-0.1, -0.05) is 103 Å². The minimum atomic E-state index is -0.380. The molecule has 1 aromatic heterocycles. The average molecular weight is 369 g/mol. The summed E-state index contributed by atoms with van der Waals surface area (Å²) in [5.41, 5.74) is 7.06. The summed E-state index contributed by atoms with van der Waals surface area (Å²) >= 11 is 0. The first-order chi connectivity index (χ1) is 14.4. The molecule has 4 aromatic carbocycles. The molecule has 0 N–H and O–H groups in total. The van der Waals surface area contributed by atoms with Crippen molar-refractivity contribution in [3.05, 3.63) is 138 Å². The van der Waals surface area contributed by atoms with Gasteiger partial charge in [-0.2, -0.15) is 0 Å². The van der Waals surface area contributed by atoms with Crippen molar-refractivity contribution in [2.24, 2.45) is 0 Å². The van der Waals surface area contributed by atoms with Gasteiger partial charge in [-0.3, -0.25) is 4.98 Å². The van der Waals surface area contributed by atoms with Gasteiger partial charge in [-0.15, -0.1) is 0 Å². The maximum absolute atomic E-state index is 4.83. The first-order valence-electron chi connectivity index (χ1n) is 10.00. The maximum Gasteiger partial charge on any atom is 0.0786 e. The fourth-order valence-corrected chi connectivity index (χ4v) is 5.07. The van der Waals surface area contributed by atoms with Crippen LogP contribution >= 0.6 is 0 Å². The summed E-state index contributed by atoms with van der Waals surface area (Å²) in [7, 11) is 0. The molecule has 0 atom stereocenters. The van der Waals surface area contributed by atoms with Crippen molar-refractivity contribution in [2.45, 2.75) is 5.41 Å². The normalized spacial score (nSPS) is 13.8. The van der Waals surface area contributed by atoms with Gasteiger partial charge in [0.15, 0.2) is 0 Å². The van der Waals surface area contributed by atoms with Gasteiger partial charge in [-0.25, -0.2) is 0 Å². The number of pyridine rings is 1. The van der Waals surface area contributed by atoms with E-state index in [9.17, 15) is 0 Å². The van der Waals surface area contributed by atoms with Crippen molar-refractivity contribution in [2.75, 3.05) is 0 Å². The molecule has 0 saturated heterocycles. The zero-order valence-electron chi connectivity index (χ0n) is 15.9. The van der Waals surface area contributed by atoms with Crippen LogP contribution in [0.1, 0.15) is 22.3 Å². The van der Waals surface area contributed by atoms with Crippen LogP contribution in [0.3, 0.4) is 0 Å². The van der Waals surface area contributed by atoms with E-state index < -0.39 is 0 Å². The number of nitrogens with zero attached hydrogens (tertiary/aromatic N) is 1. The highest BCUT2D eigenvalue weighted by atomic mass is 14.7. The van der Waals surface area contributed by atoms with Crippen LogP contribution in [0.4, 0.5) is 0 Å².